The average molecular weight is 399 g/mol. The highest BCUT2D eigenvalue weighted by Crippen LogP contribution is 2.18. The van der Waals surface area contributed by atoms with Gasteiger partial charge >= 0.3 is 0 Å². The van der Waals surface area contributed by atoms with E-state index in [1.807, 2.05) is 0 Å². The van der Waals surface area contributed by atoms with Gasteiger partial charge in [-0.2, -0.15) is 0 Å². The van der Waals surface area contributed by atoms with Crippen molar-refractivity contribution in [2.45, 2.75) is 143 Å². The van der Waals surface area contributed by atoms with Crippen LogP contribution in [0.1, 0.15) is 123 Å². The standard InChI is InChI=1S/C24H50O2Si/c1-6-7-8-17-20-23(2)21-18-15-13-11-9-10-12-14-16-19-22-24(25)26-27(3,4)5/h23H,6-22H2,1-5H3. The third kappa shape index (κ3) is 21.8. The Labute approximate surface area is 172 Å². The van der Waals surface area contributed by atoms with Crippen molar-refractivity contribution in [2.75, 3.05) is 0 Å². The molecule has 0 saturated heterocycles. The van der Waals surface area contributed by atoms with Gasteiger partial charge in [-0.15, -0.1) is 0 Å². The highest BCUT2D eigenvalue weighted by atomic mass is 28.4. The smallest absolute Gasteiger partial charge is 0.292 e. The summed E-state index contributed by atoms with van der Waals surface area (Å²) in [6.45, 7) is 10.9. The minimum atomic E-state index is -1.69. The molecule has 0 amide bonds. The molecule has 2 nitrogen and oxygen atoms in total. The van der Waals surface area contributed by atoms with Crippen LogP contribution in [-0.4, -0.2) is 14.3 Å². The van der Waals surface area contributed by atoms with Crippen LogP contribution < -0.4 is 0 Å². The second-order valence-electron chi connectivity index (χ2n) is 9.62. The molecule has 3 heteroatoms. The molecular formula is C24H50O2Si. The van der Waals surface area contributed by atoms with Crippen LogP contribution in [0.2, 0.25) is 19.6 Å². The third-order valence-electron chi connectivity index (χ3n) is 5.30. The highest BCUT2D eigenvalue weighted by Gasteiger charge is 2.19. The van der Waals surface area contributed by atoms with Crippen molar-refractivity contribution < 1.29 is 9.22 Å². The third-order valence-corrected chi connectivity index (χ3v) is 6.14. The first-order chi connectivity index (χ1) is 12.8. The quantitative estimate of drug-likeness (QED) is 0.161. The van der Waals surface area contributed by atoms with Crippen molar-refractivity contribution in [1.29, 1.82) is 0 Å². The van der Waals surface area contributed by atoms with E-state index in [0.29, 0.717) is 6.42 Å². The first-order valence-electron chi connectivity index (χ1n) is 12.1. The molecule has 0 aliphatic carbocycles. The van der Waals surface area contributed by atoms with Crippen molar-refractivity contribution in [3.8, 4) is 0 Å². The fourth-order valence-electron chi connectivity index (χ4n) is 3.63. The van der Waals surface area contributed by atoms with Gasteiger partial charge in [0.05, 0.1) is 0 Å². The molecular weight excluding hydrogens is 348 g/mol. The Hall–Kier alpha value is -0.313. The van der Waals surface area contributed by atoms with E-state index in [1.165, 1.54) is 96.3 Å². The minimum absolute atomic E-state index is 0.0180. The molecule has 0 N–H and O–H groups in total. The minimum Gasteiger partial charge on any atom is -0.520 e. The van der Waals surface area contributed by atoms with Gasteiger partial charge in [0.15, 0.2) is 0 Å². The second kappa shape index (κ2) is 17.8. The van der Waals surface area contributed by atoms with Crippen molar-refractivity contribution in [3.63, 3.8) is 0 Å². The van der Waals surface area contributed by atoms with Crippen molar-refractivity contribution in [2.24, 2.45) is 5.92 Å². The van der Waals surface area contributed by atoms with Crippen LogP contribution in [-0.2, 0) is 9.22 Å². The van der Waals surface area contributed by atoms with E-state index >= 15 is 0 Å². The number of hydrogen-bond donors (Lipinski definition) is 0. The fourth-order valence-corrected chi connectivity index (χ4v) is 4.42. The van der Waals surface area contributed by atoms with Gasteiger partial charge < -0.3 is 4.43 Å². The Morgan fingerprint density at radius 2 is 1.11 bits per heavy atom. The maximum Gasteiger partial charge on any atom is 0.292 e. The summed E-state index contributed by atoms with van der Waals surface area (Å²) in [6.07, 6.45) is 22.4. The summed E-state index contributed by atoms with van der Waals surface area (Å²) in [5.41, 5.74) is 0. The molecule has 0 rings (SSSR count). The van der Waals surface area contributed by atoms with Crippen LogP contribution in [0.4, 0.5) is 0 Å². The highest BCUT2D eigenvalue weighted by molar-refractivity contribution is 6.71. The lowest BCUT2D eigenvalue weighted by Gasteiger charge is -2.17. The largest absolute Gasteiger partial charge is 0.520 e. The molecule has 27 heavy (non-hydrogen) atoms. The zero-order chi connectivity index (χ0) is 20.4. The molecule has 0 aromatic heterocycles. The molecule has 0 bridgehead atoms. The van der Waals surface area contributed by atoms with E-state index in [0.717, 1.165) is 12.3 Å². The van der Waals surface area contributed by atoms with Crippen LogP contribution >= 0.6 is 0 Å². The average Bonchev–Trinajstić information content (AvgIpc) is 2.58. The summed E-state index contributed by atoms with van der Waals surface area (Å²) in [4.78, 5) is 11.7. The van der Waals surface area contributed by atoms with Gasteiger partial charge in [0, 0.05) is 6.42 Å². The van der Waals surface area contributed by atoms with E-state index in [-0.39, 0.29) is 5.97 Å². The predicted octanol–water partition coefficient (Wildman–Crippen LogP) is 8.65. The molecule has 0 heterocycles. The molecule has 1 atom stereocenters. The molecule has 1 unspecified atom stereocenters. The van der Waals surface area contributed by atoms with Crippen LogP contribution in [0.15, 0.2) is 0 Å². The summed E-state index contributed by atoms with van der Waals surface area (Å²) in [7, 11) is -1.69. The summed E-state index contributed by atoms with van der Waals surface area (Å²) in [5, 5.41) is 0. The van der Waals surface area contributed by atoms with Crippen molar-refractivity contribution in [3.05, 3.63) is 0 Å². The van der Waals surface area contributed by atoms with Gasteiger partial charge in [-0.1, -0.05) is 110 Å². The number of hydrogen-bond acceptors (Lipinski definition) is 2. The van der Waals surface area contributed by atoms with E-state index < -0.39 is 8.32 Å². The van der Waals surface area contributed by atoms with Gasteiger partial charge in [-0.25, -0.2) is 0 Å². The molecule has 162 valence electrons. The van der Waals surface area contributed by atoms with Crippen LogP contribution in [0.5, 0.6) is 0 Å². The maximum absolute atomic E-state index is 11.7. The van der Waals surface area contributed by atoms with E-state index in [9.17, 15) is 4.79 Å². The fraction of sp³-hybridized carbons (Fsp3) is 0.958. The number of carbonyl (C=O) groups excluding carboxylic acids is 1. The molecule has 0 saturated carbocycles. The molecule has 0 aliphatic heterocycles. The van der Waals surface area contributed by atoms with Crippen LogP contribution in [0.3, 0.4) is 0 Å². The Bertz CT molecular complexity index is 336. The molecule has 0 fully saturated rings. The molecule has 0 spiro atoms. The Morgan fingerprint density at radius 1 is 0.704 bits per heavy atom. The normalized spacial score (nSPS) is 12.9. The number of rotatable bonds is 19. The second-order valence-corrected chi connectivity index (χ2v) is 14.0. The Morgan fingerprint density at radius 3 is 1.56 bits per heavy atom. The predicted molar refractivity (Wildman–Crippen MR) is 123 cm³/mol. The first-order valence-corrected chi connectivity index (χ1v) is 15.5. The van der Waals surface area contributed by atoms with Gasteiger partial charge in [-0.3, -0.25) is 4.79 Å². The lowest BCUT2D eigenvalue weighted by molar-refractivity contribution is -0.135. The van der Waals surface area contributed by atoms with Gasteiger partial charge in [0.25, 0.3) is 5.97 Å². The Balaban J connectivity index is 3.24. The maximum atomic E-state index is 11.7. The first kappa shape index (κ1) is 26.7. The monoisotopic (exact) mass is 398 g/mol. The van der Waals surface area contributed by atoms with Crippen molar-refractivity contribution in [1.82, 2.24) is 0 Å². The zero-order valence-electron chi connectivity index (χ0n) is 19.4. The zero-order valence-corrected chi connectivity index (χ0v) is 20.4. The van der Waals surface area contributed by atoms with E-state index in [4.69, 9.17) is 4.43 Å². The number of carbonyl (C=O) groups is 1. The number of unbranched alkanes of at least 4 members (excludes halogenated alkanes) is 12. The summed E-state index contributed by atoms with van der Waals surface area (Å²) >= 11 is 0. The van der Waals surface area contributed by atoms with Crippen molar-refractivity contribution >= 4 is 14.3 Å². The van der Waals surface area contributed by atoms with Crippen LogP contribution in [0.25, 0.3) is 0 Å². The SMILES string of the molecule is CCCCCCC(C)CCCCCCCCCCCCC(=O)O[Si](C)(C)C. The lowest BCUT2D eigenvalue weighted by Crippen LogP contribution is -2.28. The molecule has 0 aromatic carbocycles. The summed E-state index contributed by atoms with van der Waals surface area (Å²) in [5.74, 6) is 0.953. The van der Waals surface area contributed by atoms with Gasteiger partial charge in [0.1, 0.15) is 0 Å². The molecule has 0 radical (unpaired) electrons. The van der Waals surface area contributed by atoms with Crippen LogP contribution in [0, 0.1) is 5.92 Å². The van der Waals surface area contributed by atoms with E-state index in [2.05, 4.69) is 33.5 Å². The van der Waals surface area contributed by atoms with Gasteiger partial charge in [0.2, 0.25) is 8.32 Å². The Kier molecular flexibility index (Phi) is 17.6. The molecule has 0 aliphatic rings. The summed E-state index contributed by atoms with van der Waals surface area (Å²) < 4.78 is 5.47. The van der Waals surface area contributed by atoms with Gasteiger partial charge in [-0.05, 0) is 32.0 Å². The van der Waals surface area contributed by atoms with E-state index in [1.54, 1.807) is 0 Å². The lowest BCUT2D eigenvalue weighted by atomic mass is 9.96. The topological polar surface area (TPSA) is 26.3 Å². The molecule has 0 aromatic rings. The summed E-state index contributed by atoms with van der Waals surface area (Å²) in [6, 6.07) is 0.